The van der Waals surface area contributed by atoms with Crippen molar-refractivity contribution >= 4 is 55.8 Å². The van der Waals surface area contributed by atoms with Crippen LogP contribution >= 0.6 is 34.7 Å². The summed E-state index contributed by atoms with van der Waals surface area (Å²) in [5.74, 6) is 1.00. The highest BCUT2D eigenvalue weighted by Crippen LogP contribution is 2.21. The molecule has 7 nitrogen and oxygen atoms in total. The molecule has 0 radical (unpaired) electrons. The summed E-state index contributed by atoms with van der Waals surface area (Å²) < 4.78 is 27.0. The normalized spacial score (nSPS) is 11.3. The lowest BCUT2D eigenvalue weighted by Gasteiger charge is -2.04. The van der Waals surface area contributed by atoms with Gasteiger partial charge in [-0.25, -0.2) is 13.1 Å². The molecule has 0 spiro atoms. The van der Waals surface area contributed by atoms with Crippen LogP contribution in [0.1, 0.15) is 15.9 Å². The first-order chi connectivity index (χ1) is 13.9. The maximum absolute atomic E-state index is 12.3. The number of anilines is 1. The Balaban J connectivity index is 1.49. The number of aromatic nitrogens is 2. The van der Waals surface area contributed by atoms with Crippen LogP contribution in [0.15, 0.2) is 58.9 Å². The van der Waals surface area contributed by atoms with E-state index >= 15 is 0 Å². The third-order valence-corrected chi connectivity index (χ3v) is 7.56. The van der Waals surface area contributed by atoms with Gasteiger partial charge in [0, 0.05) is 28.6 Å². The van der Waals surface area contributed by atoms with Crippen molar-refractivity contribution in [2.75, 3.05) is 17.6 Å². The third kappa shape index (κ3) is 6.51. The van der Waals surface area contributed by atoms with Crippen LogP contribution in [0.5, 0.6) is 0 Å². The zero-order valence-corrected chi connectivity index (χ0v) is 18.2. The molecule has 1 heterocycles. The van der Waals surface area contributed by atoms with E-state index in [0.717, 1.165) is 17.1 Å². The van der Waals surface area contributed by atoms with E-state index in [4.69, 9.17) is 11.6 Å². The molecule has 3 aromatic rings. The number of nitrogens with zero attached hydrogens (tertiary/aromatic N) is 2. The molecular weight excluding hydrogens is 452 g/mol. The zero-order chi connectivity index (χ0) is 20.7. The van der Waals surface area contributed by atoms with E-state index in [1.54, 1.807) is 36.0 Å². The molecule has 1 amide bonds. The quantitative estimate of drug-likeness (QED) is 0.367. The molecule has 0 unspecified atom stereocenters. The smallest absolute Gasteiger partial charge is 0.269 e. The van der Waals surface area contributed by atoms with Gasteiger partial charge < -0.3 is 0 Å². The average Bonchev–Trinajstić information content (AvgIpc) is 3.18. The van der Waals surface area contributed by atoms with Gasteiger partial charge >= 0.3 is 0 Å². The fourth-order valence-corrected chi connectivity index (χ4v) is 5.26. The maximum atomic E-state index is 12.3. The van der Waals surface area contributed by atoms with Crippen molar-refractivity contribution in [3.63, 3.8) is 0 Å². The third-order valence-electron chi connectivity index (χ3n) is 3.61. The van der Waals surface area contributed by atoms with E-state index in [9.17, 15) is 13.2 Å². The Morgan fingerprint density at radius 2 is 1.79 bits per heavy atom. The largest absolute Gasteiger partial charge is 0.296 e. The monoisotopic (exact) mass is 468 g/mol. The van der Waals surface area contributed by atoms with Gasteiger partial charge in [-0.3, -0.25) is 10.1 Å². The number of rotatable bonds is 9. The van der Waals surface area contributed by atoms with E-state index in [1.807, 2.05) is 30.3 Å². The van der Waals surface area contributed by atoms with Crippen LogP contribution in [-0.2, 0) is 15.8 Å². The molecule has 2 aromatic carbocycles. The van der Waals surface area contributed by atoms with Crippen LogP contribution in [0.3, 0.4) is 0 Å². The number of hydrogen-bond donors (Lipinski definition) is 2. The first-order valence-corrected chi connectivity index (χ1v) is 12.3. The lowest BCUT2D eigenvalue weighted by molar-refractivity contribution is 0.102. The van der Waals surface area contributed by atoms with Crippen molar-refractivity contribution in [1.82, 2.24) is 14.9 Å². The van der Waals surface area contributed by atoms with Crippen molar-refractivity contribution in [2.24, 2.45) is 0 Å². The van der Waals surface area contributed by atoms with E-state index in [1.165, 1.54) is 5.56 Å². The molecule has 3 rings (SSSR count). The van der Waals surface area contributed by atoms with Crippen LogP contribution in [-0.4, -0.2) is 36.8 Å². The van der Waals surface area contributed by atoms with Gasteiger partial charge in [0.15, 0.2) is 0 Å². The van der Waals surface area contributed by atoms with Crippen LogP contribution in [0.2, 0.25) is 5.02 Å². The number of carbonyl (C=O) groups excluding carboxylic acids is 1. The van der Waals surface area contributed by atoms with E-state index in [-0.39, 0.29) is 16.0 Å². The van der Waals surface area contributed by atoms with Gasteiger partial charge in [0.2, 0.25) is 9.47 Å². The number of thioether (sulfide) groups is 1. The van der Waals surface area contributed by atoms with Crippen molar-refractivity contribution in [3.05, 3.63) is 70.7 Å². The molecule has 2 N–H and O–H groups in total. The fourth-order valence-electron chi connectivity index (χ4n) is 2.21. The zero-order valence-electron chi connectivity index (χ0n) is 15.0. The molecular formula is C18H17ClN4O3S3. The molecule has 0 aliphatic carbocycles. The second kappa shape index (κ2) is 10.2. The number of nitrogens with one attached hydrogen (secondary N) is 2. The highest BCUT2D eigenvalue weighted by atomic mass is 35.5. The summed E-state index contributed by atoms with van der Waals surface area (Å²) in [4.78, 5) is 12.2. The second-order valence-corrected chi connectivity index (χ2v) is 10.2. The highest BCUT2D eigenvalue weighted by Gasteiger charge is 2.20. The number of sulfonamides is 1. The minimum atomic E-state index is -3.78. The summed E-state index contributed by atoms with van der Waals surface area (Å²) in [6.45, 7) is 0.270. The topological polar surface area (TPSA) is 101 Å². The van der Waals surface area contributed by atoms with Crippen LogP contribution in [0, 0.1) is 0 Å². The molecule has 0 aliphatic heterocycles. The Morgan fingerprint density at radius 3 is 2.52 bits per heavy atom. The lowest BCUT2D eigenvalue weighted by Crippen LogP contribution is -2.26. The average molecular weight is 469 g/mol. The predicted molar refractivity (Wildman–Crippen MR) is 117 cm³/mol. The fraction of sp³-hybridized carbons (Fsp3) is 0.167. The van der Waals surface area contributed by atoms with Gasteiger partial charge in [-0.15, -0.1) is 10.2 Å². The van der Waals surface area contributed by atoms with E-state index in [2.05, 4.69) is 20.2 Å². The first kappa shape index (κ1) is 21.7. The van der Waals surface area contributed by atoms with Gasteiger partial charge in [0.05, 0.1) is 0 Å². The summed E-state index contributed by atoms with van der Waals surface area (Å²) in [6, 6.07) is 16.2. The van der Waals surface area contributed by atoms with Crippen molar-refractivity contribution in [1.29, 1.82) is 0 Å². The first-order valence-electron chi connectivity index (χ1n) is 8.46. The van der Waals surface area contributed by atoms with Crippen molar-refractivity contribution in [3.8, 4) is 0 Å². The molecule has 0 saturated carbocycles. The predicted octanol–water partition coefficient (Wildman–Crippen LogP) is 3.66. The van der Waals surface area contributed by atoms with Gasteiger partial charge in [-0.2, -0.15) is 11.8 Å². The molecule has 0 atom stereocenters. The molecule has 29 heavy (non-hydrogen) atoms. The number of amides is 1. The minimum Gasteiger partial charge on any atom is -0.296 e. The van der Waals surface area contributed by atoms with Gasteiger partial charge in [0.1, 0.15) is 0 Å². The molecule has 1 aromatic heterocycles. The summed E-state index contributed by atoms with van der Waals surface area (Å²) in [5.41, 5.74) is 1.56. The number of halogens is 1. The minimum absolute atomic E-state index is 0.101. The van der Waals surface area contributed by atoms with Gasteiger partial charge in [-0.05, 0) is 29.8 Å². The van der Waals surface area contributed by atoms with Gasteiger partial charge in [0.25, 0.3) is 15.9 Å². The summed E-state index contributed by atoms with van der Waals surface area (Å²) >= 11 is 8.21. The molecule has 0 fully saturated rings. The maximum Gasteiger partial charge on any atom is 0.269 e. The van der Waals surface area contributed by atoms with Crippen LogP contribution in [0.25, 0.3) is 0 Å². The number of hydrogen-bond acceptors (Lipinski definition) is 7. The van der Waals surface area contributed by atoms with E-state index < -0.39 is 15.9 Å². The molecule has 0 saturated heterocycles. The number of carbonyl (C=O) groups is 1. The SMILES string of the molecule is O=C(Nc1nnc(S(=O)(=O)NCCSCc2ccccc2)s1)c1ccc(Cl)cc1. The number of benzene rings is 2. The Labute approximate surface area is 182 Å². The Morgan fingerprint density at radius 1 is 1.07 bits per heavy atom. The highest BCUT2D eigenvalue weighted by molar-refractivity contribution is 7.98. The van der Waals surface area contributed by atoms with Gasteiger partial charge in [-0.1, -0.05) is 53.3 Å². The summed E-state index contributed by atoms with van der Waals surface area (Å²) in [5, 5.41) is 10.6. The second-order valence-electron chi connectivity index (χ2n) is 5.77. The molecule has 0 bridgehead atoms. The Kier molecular flexibility index (Phi) is 7.62. The summed E-state index contributed by atoms with van der Waals surface area (Å²) in [7, 11) is -3.78. The standard InChI is InChI=1S/C18H17ClN4O3S3/c19-15-8-6-14(7-9-15)16(24)21-17-22-23-18(28-17)29(25,26)20-10-11-27-12-13-4-2-1-3-5-13/h1-9,20H,10-12H2,(H,21,22,24). The Hall–Kier alpha value is -1.98. The van der Waals surface area contributed by atoms with Crippen molar-refractivity contribution < 1.29 is 13.2 Å². The lowest BCUT2D eigenvalue weighted by atomic mass is 10.2. The van der Waals surface area contributed by atoms with E-state index in [0.29, 0.717) is 16.3 Å². The van der Waals surface area contributed by atoms with Crippen LogP contribution < -0.4 is 10.0 Å². The molecule has 0 aliphatic rings. The van der Waals surface area contributed by atoms with Crippen molar-refractivity contribution in [2.45, 2.75) is 10.1 Å². The molecule has 11 heteroatoms. The Bertz CT molecular complexity index is 1060. The van der Waals surface area contributed by atoms with Crippen LogP contribution in [0.4, 0.5) is 5.13 Å². The summed E-state index contributed by atoms with van der Waals surface area (Å²) in [6.07, 6.45) is 0. The molecule has 152 valence electrons.